The molecule has 4 heteroatoms. The molecule has 0 radical (unpaired) electrons. The van der Waals surface area contributed by atoms with Crippen LogP contribution in [-0.4, -0.2) is 14.9 Å². The molecule has 2 rings (SSSR count). The number of hydrogen-bond acceptors (Lipinski definition) is 3. The monoisotopic (exact) mass is 247 g/mol. The summed E-state index contributed by atoms with van der Waals surface area (Å²) < 4.78 is 1.70. The zero-order valence-electron chi connectivity index (χ0n) is 11.2. The van der Waals surface area contributed by atoms with Crippen LogP contribution in [0.5, 0.6) is 0 Å². The number of nitriles is 1. The third-order valence-corrected chi connectivity index (χ3v) is 4.09. The Bertz CT molecular complexity index is 450. The Hall–Kier alpha value is -1.34. The van der Waals surface area contributed by atoms with Gasteiger partial charge in [0, 0.05) is 18.8 Å². The van der Waals surface area contributed by atoms with Gasteiger partial charge in [-0.25, -0.2) is 0 Å². The molecule has 0 aliphatic heterocycles. The lowest BCUT2D eigenvalue weighted by molar-refractivity contribution is 0.0511. The summed E-state index contributed by atoms with van der Waals surface area (Å²) in [6.45, 7) is 1.89. The zero-order valence-corrected chi connectivity index (χ0v) is 11.2. The summed E-state index contributed by atoms with van der Waals surface area (Å²) in [6, 6.07) is 2.41. The van der Waals surface area contributed by atoms with Crippen molar-refractivity contribution in [3.63, 3.8) is 0 Å². The standard InChI is InChI=1S/C14H21N3O/c1-11-12(9-17(2)16-11)13(18)14(10-15)7-5-3-4-6-8-14/h9,13,18H,3-8H2,1-2H3. The van der Waals surface area contributed by atoms with Crippen molar-refractivity contribution in [1.29, 1.82) is 5.26 Å². The average Bonchev–Trinajstić information content (AvgIpc) is 2.57. The number of aryl methyl sites for hydroxylation is 2. The molecule has 1 unspecified atom stereocenters. The van der Waals surface area contributed by atoms with Gasteiger partial charge in [0.15, 0.2) is 0 Å². The summed E-state index contributed by atoms with van der Waals surface area (Å²) in [5.74, 6) is 0. The highest BCUT2D eigenvalue weighted by Gasteiger charge is 2.40. The van der Waals surface area contributed by atoms with Gasteiger partial charge in [0.05, 0.1) is 17.2 Å². The molecule has 1 aliphatic carbocycles. The predicted molar refractivity (Wildman–Crippen MR) is 68.7 cm³/mol. The van der Waals surface area contributed by atoms with E-state index in [1.54, 1.807) is 4.68 Å². The van der Waals surface area contributed by atoms with Crippen molar-refractivity contribution in [3.05, 3.63) is 17.5 Å². The molecule has 1 N–H and O–H groups in total. The van der Waals surface area contributed by atoms with Gasteiger partial charge in [0.1, 0.15) is 6.10 Å². The Labute approximate surface area is 108 Å². The molecule has 18 heavy (non-hydrogen) atoms. The fraction of sp³-hybridized carbons (Fsp3) is 0.714. The van der Waals surface area contributed by atoms with E-state index in [2.05, 4.69) is 11.2 Å². The molecule has 1 saturated carbocycles. The van der Waals surface area contributed by atoms with Crippen LogP contribution in [0.25, 0.3) is 0 Å². The third-order valence-electron chi connectivity index (χ3n) is 4.09. The Kier molecular flexibility index (Phi) is 3.72. The molecule has 1 fully saturated rings. The maximum absolute atomic E-state index is 10.6. The second-order valence-electron chi connectivity index (χ2n) is 5.43. The van der Waals surface area contributed by atoms with Crippen molar-refractivity contribution < 1.29 is 5.11 Å². The van der Waals surface area contributed by atoms with Crippen molar-refractivity contribution >= 4 is 0 Å². The van der Waals surface area contributed by atoms with Crippen LogP contribution in [0.1, 0.15) is 55.9 Å². The molecule has 1 atom stereocenters. The van der Waals surface area contributed by atoms with Gasteiger partial charge in [-0.15, -0.1) is 0 Å². The maximum Gasteiger partial charge on any atom is 0.101 e. The van der Waals surface area contributed by atoms with Gasteiger partial charge < -0.3 is 5.11 Å². The summed E-state index contributed by atoms with van der Waals surface area (Å²) in [5, 5.41) is 24.5. The van der Waals surface area contributed by atoms with E-state index >= 15 is 0 Å². The molecule has 0 bridgehead atoms. The van der Waals surface area contributed by atoms with Crippen LogP contribution in [0.15, 0.2) is 6.20 Å². The molecule has 0 saturated heterocycles. The van der Waals surface area contributed by atoms with Gasteiger partial charge >= 0.3 is 0 Å². The maximum atomic E-state index is 10.6. The first-order chi connectivity index (χ1) is 8.59. The summed E-state index contributed by atoms with van der Waals surface area (Å²) in [4.78, 5) is 0. The molecule has 4 nitrogen and oxygen atoms in total. The second-order valence-corrected chi connectivity index (χ2v) is 5.43. The van der Waals surface area contributed by atoms with Gasteiger partial charge in [0.25, 0.3) is 0 Å². The first-order valence-corrected chi connectivity index (χ1v) is 6.68. The van der Waals surface area contributed by atoms with Crippen molar-refractivity contribution in [2.24, 2.45) is 12.5 Å². The molecule has 0 amide bonds. The van der Waals surface area contributed by atoms with E-state index in [1.165, 1.54) is 12.8 Å². The van der Waals surface area contributed by atoms with Crippen LogP contribution >= 0.6 is 0 Å². The molecule has 98 valence electrons. The number of aliphatic hydroxyl groups is 1. The molecular formula is C14H21N3O. The van der Waals surface area contributed by atoms with E-state index in [0.29, 0.717) is 0 Å². The van der Waals surface area contributed by atoms with Crippen molar-refractivity contribution in [3.8, 4) is 6.07 Å². The van der Waals surface area contributed by atoms with Crippen LogP contribution in [0.2, 0.25) is 0 Å². The molecule has 1 aromatic rings. The topological polar surface area (TPSA) is 61.8 Å². The van der Waals surface area contributed by atoms with Crippen molar-refractivity contribution in [1.82, 2.24) is 9.78 Å². The third kappa shape index (κ3) is 2.28. The second kappa shape index (κ2) is 5.11. The normalized spacial score (nSPS) is 21.0. The van der Waals surface area contributed by atoms with E-state index in [0.717, 1.165) is 36.9 Å². The molecule has 0 aromatic carbocycles. The van der Waals surface area contributed by atoms with E-state index in [-0.39, 0.29) is 0 Å². The van der Waals surface area contributed by atoms with Crippen LogP contribution in [-0.2, 0) is 7.05 Å². The number of aromatic nitrogens is 2. The predicted octanol–water partition coefficient (Wildman–Crippen LogP) is 2.63. The average molecular weight is 247 g/mol. The number of rotatable bonds is 2. The summed E-state index contributed by atoms with van der Waals surface area (Å²) in [6.07, 6.45) is 7.11. The minimum atomic E-state index is -0.714. The van der Waals surface area contributed by atoms with E-state index in [1.807, 2.05) is 20.2 Å². The number of aliphatic hydroxyl groups excluding tert-OH is 1. The van der Waals surface area contributed by atoms with Gasteiger partial charge in [-0.1, -0.05) is 25.7 Å². The molecular weight excluding hydrogens is 226 g/mol. The lowest BCUT2D eigenvalue weighted by atomic mass is 9.74. The van der Waals surface area contributed by atoms with E-state index < -0.39 is 11.5 Å². The first-order valence-electron chi connectivity index (χ1n) is 6.68. The summed E-state index contributed by atoms with van der Waals surface area (Å²) in [5.41, 5.74) is 1.01. The van der Waals surface area contributed by atoms with Crippen LogP contribution in [0, 0.1) is 23.7 Å². The van der Waals surface area contributed by atoms with Gasteiger partial charge in [-0.05, 0) is 19.8 Å². The summed E-state index contributed by atoms with van der Waals surface area (Å²) in [7, 11) is 1.84. The van der Waals surface area contributed by atoms with Crippen LogP contribution in [0.4, 0.5) is 0 Å². The van der Waals surface area contributed by atoms with Gasteiger partial charge in [-0.3, -0.25) is 4.68 Å². The number of hydrogen-bond donors (Lipinski definition) is 1. The fourth-order valence-corrected chi connectivity index (χ4v) is 2.99. The highest BCUT2D eigenvalue weighted by atomic mass is 16.3. The minimum absolute atomic E-state index is 0.621. The van der Waals surface area contributed by atoms with Crippen molar-refractivity contribution in [2.75, 3.05) is 0 Å². The first kappa shape index (κ1) is 13.1. The number of nitrogens with zero attached hydrogens (tertiary/aromatic N) is 3. The Morgan fingerprint density at radius 3 is 2.44 bits per heavy atom. The highest BCUT2D eigenvalue weighted by Crippen LogP contribution is 2.45. The zero-order chi connectivity index (χ0) is 13.2. The van der Waals surface area contributed by atoms with Crippen LogP contribution in [0.3, 0.4) is 0 Å². The van der Waals surface area contributed by atoms with E-state index in [9.17, 15) is 10.4 Å². The Morgan fingerprint density at radius 2 is 2.00 bits per heavy atom. The Balaban J connectivity index is 2.32. The molecule has 1 heterocycles. The summed E-state index contributed by atoms with van der Waals surface area (Å²) >= 11 is 0. The Morgan fingerprint density at radius 1 is 1.39 bits per heavy atom. The van der Waals surface area contributed by atoms with Gasteiger partial charge in [-0.2, -0.15) is 10.4 Å². The van der Waals surface area contributed by atoms with Crippen LogP contribution < -0.4 is 0 Å². The minimum Gasteiger partial charge on any atom is -0.387 e. The molecule has 1 aromatic heterocycles. The lowest BCUT2D eigenvalue weighted by Gasteiger charge is -2.30. The SMILES string of the molecule is Cc1nn(C)cc1C(O)C1(C#N)CCCCCC1. The van der Waals surface area contributed by atoms with Crippen molar-refractivity contribution in [2.45, 2.75) is 51.6 Å². The quantitative estimate of drug-likeness (QED) is 0.817. The van der Waals surface area contributed by atoms with Gasteiger partial charge in [0.2, 0.25) is 0 Å². The smallest absolute Gasteiger partial charge is 0.101 e. The fourth-order valence-electron chi connectivity index (χ4n) is 2.99. The highest BCUT2D eigenvalue weighted by molar-refractivity contribution is 5.24. The molecule has 1 aliphatic rings. The lowest BCUT2D eigenvalue weighted by Crippen LogP contribution is -2.27. The largest absolute Gasteiger partial charge is 0.387 e. The van der Waals surface area contributed by atoms with E-state index in [4.69, 9.17) is 0 Å². The molecule has 0 spiro atoms.